The fourth-order valence-electron chi connectivity index (χ4n) is 1.92. The second-order valence-corrected chi connectivity index (χ2v) is 5.06. The SMILES string of the molecule is Cc1cccc(NCC2COCC(C)(C)O2)n1. The first-order valence-electron chi connectivity index (χ1n) is 5.98. The summed E-state index contributed by atoms with van der Waals surface area (Å²) in [7, 11) is 0. The Bertz CT molecular complexity index is 379. The second kappa shape index (κ2) is 5.02. The Hall–Kier alpha value is -1.13. The van der Waals surface area contributed by atoms with Crippen molar-refractivity contribution in [1.29, 1.82) is 0 Å². The van der Waals surface area contributed by atoms with E-state index < -0.39 is 0 Å². The molecule has 0 bridgehead atoms. The molecule has 0 aromatic carbocycles. The van der Waals surface area contributed by atoms with Crippen LogP contribution in [0.15, 0.2) is 18.2 Å². The molecule has 1 aromatic rings. The number of hydrogen-bond donors (Lipinski definition) is 1. The predicted molar refractivity (Wildman–Crippen MR) is 67.2 cm³/mol. The molecule has 94 valence electrons. The Labute approximate surface area is 102 Å². The smallest absolute Gasteiger partial charge is 0.126 e. The van der Waals surface area contributed by atoms with Gasteiger partial charge in [-0.05, 0) is 32.9 Å². The molecule has 1 atom stereocenters. The summed E-state index contributed by atoms with van der Waals surface area (Å²) in [5.74, 6) is 0.886. The van der Waals surface area contributed by atoms with Gasteiger partial charge in [0.25, 0.3) is 0 Å². The van der Waals surface area contributed by atoms with Crippen molar-refractivity contribution in [2.75, 3.05) is 25.1 Å². The molecule has 1 N–H and O–H groups in total. The van der Waals surface area contributed by atoms with Crippen LogP contribution in [0.4, 0.5) is 5.82 Å². The number of hydrogen-bond acceptors (Lipinski definition) is 4. The molecule has 1 unspecified atom stereocenters. The summed E-state index contributed by atoms with van der Waals surface area (Å²) in [6.07, 6.45) is 0.0843. The van der Waals surface area contributed by atoms with Crippen molar-refractivity contribution >= 4 is 5.82 Å². The average Bonchev–Trinajstić information content (AvgIpc) is 2.25. The fraction of sp³-hybridized carbons (Fsp3) is 0.615. The number of aromatic nitrogens is 1. The molecule has 1 aliphatic heterocycles. The van der Waals surface area contributed by atoms with Crippen LogP contribution in [0.1, 0.15) is 19.5 Å². The van der Waals surface area contributed by atoms with Gasteiger partial charge in [-0.3, -0.25) is 0 Å². The number of ether oxygens (including phenoxy) is 2. The van der Waals surface area contributed by atoms with E-state index in [4.69, 9.17) is 9.47 Å². The van der Waals surface area contributed by atoms with E-state index in [1.165, 1.54) is 0 Å². The molecule has 4 nitrogen and oxygen atoms in total. The third-order valence-corrected chi connectivity index (χ3v) is 2.64. The van der Waals surface area contributed by atoms with E-state index in [1.807, 2.05) is 39.0 Å². The molecular formula is C13H20N2O2. The zero-order valence-corrected chi connectivity index (χ0v) is 10.7. The van der Waals surface area contributed by atoms with Crippen molar-refractivity contribution in [3.05, 3.63) is 23.9 Å². The maximum Gasteiger partial charge on any atom is 0.126 e. The van der Waals surface area contributed by atoms with Crippen molar-refractivity contribution in [3.8, 4) is 0 Å². The molecule has 1 saturated heterocycles. The monoisotopic (exact) mass is 236 g/mol. The van der Waals surface area contributed by atoms with Gasteiger partial charge < -0.3 is 14.8 Å². The molecule has 17 heavy (non-hydrogen) atoms. The first-order chi connectivity index (χ1) is 8.05. The molecule has 1 aromatic heterocycles. The van der Waals surface area contributed by atoms with Crippen LogP contribution in [0.25, 0.3) is 0 Å². The molecule has 1 aliphatic rings. The minimum atomic E-state index is -0.190. The molecule has 0 saturated carbocycles. The molecule has 4 heteroatoms. The molecule has 2 rings (SSSR count). The Morgan fingerprint density at radius 1 is 1.47 bits per heavy atom. The van der Waals surface area contributed by atoms with Crippen LogP contribution in [-0.2, 0) is 9.47 Å². The van der Waals surface area contributed by atoms with Crippen LogP contribution in [0.2, 0.25) is 0 Å². The first kappa shape index (κ1) is 12.3. The van der Waals surface area contributed by atoms with E-state index in [-0.39, 0.29) is 11.7 Å². The fourth-order valence-corrected chi connectivity index (χ4v) is 1.92. The van der Waals surface area contributed by atoms with Crippen LogP contribution in [0.3, 0.4) is 0 Å². The van der Waals surface area contributed by atoms with Gasteiger partial charge in [0.05, 0.1) is 24.9 Å². The lowest BCUT2D eigenvalue weighted by molar-refractivity contribution is -0.177. The summed E-state index contributed by atoms with van der Waals surface area (Å²) in [6, 6.07) is 5.93. The molecule has 1 fully saturated rings. The van der Waals surface area contributed by atoms with Crippen molar-refractivity contribution < 1.29 is 9.47 Å². The van der Waals surface area contributed by atoms with E-state index in [0.717, 1.165) is 18.1 Å². The van der Waals surface area contributed by atoms with Gasteiger partial charge in [-0.2, -0.15) is 0 Å². The molecule has 0 radical (unpaired) electrons. The molecule has 0 amide bonds. The summed E-state index contributed by atoms with van der Waals surface area (Å²) in [4.78, 5) is 4.39. The third-order valence-electron chi connectivity index (χ3n) is 2.64. The minimum Gasteiger partial charge on any atom is -0.376 e. The number of rotatable bonds is 3. The Kier molecular flexibility index (Phi) is 3.64. The maximum atomic E-state index is 5.91. The summed E-state index contributed by atoms with van der Waals surface area (Å²) < 4.78 is 11.4. The predicted octanol–water partition coefficient (Wildman–Crippen LogP) is 2.00. The van der Waals surface area contributed by atoms with Gasteiger partial charge in [0.15, 0.2) is 0 Å². The number of anilines is 1. The van der Waals surface area contributed by atoms with Crippen LogP contribution < -0.4 is 5.32 Å². The van der Waals surface area contributed by atoms with Gasteiger partial charge in [0, 0.05) is 12.2 Å². The van der Waals surface area contributed by atoms with Gasteiger partial charge in [0.1, 0.15) is 5.82 Å². The van der Waals surface area contributed by atoms with E-state index >= 15 is 0 Å². The van der Waals surface area contributed by atoms with E-state index in [2.05, 4.69) is 10.3 Å². The van der Waals surface area contributed by atoms with E-state index in [9.17, 15) is 0 Å². The summed E-state index contributed by atoms with van der Waals surface area (Å²) >= 11 is 0. The highest BCUT2D eigenvalue weighted by Crippen LogP contribution is 2.18. The number of nitrogens with one attached hydrogen (secondary N) is 1. The number of pyridine rings is 1. The van der Waals surface area contributed by atoms with Crippen LogP contribution in [-0.4, -0.2) is 36.4 Å². The zero-order chi connectivity index (χ0) is 12.3. The Morgan fingerprint density at radius 2 is 2.29 bits per heavy atom. The van der Waals surface area contributed by atoms with E-state index in [1.54, 1.807) is 0 Å². The largest absolute Gasteiger partial charge is 0.376 e. The third kappa shape index (κ3) is 3.68. The van der Waals surface area contributed by atoms with Crippen LogP contribution in [0.5, 0.6) is 0 Å². The highest BCUT2D eigenvalue weighted by molar-refractivity contribution is 5.35. The van der Waals surface area contributed by atoms with Gasteiger partial charge in [-0.15, -0.1) is 0 Å². The first-order valence-corrected chi connectivity index (χ1v) is 5.98. The normalized spacial score (nSPS) is 23.4. The number of nitrogens with zero attached hydrogens (tertiary/aromatic N) is 1. The molecule has 2 heterocycles. The maximum absolute atomic E-state index is 5.91. The van der Waals surface area contributed by atoms with Crippen LogP contribution >= 0.6 is 0 Å². The highest BCUT2D eigenvalue weighted by atomic mass is 16.6. The lowest BCUT2D eigenvalue weighted by atomic mass is 10.1. The van der Waals surface area contributed by atoms with Crippen molar-refractivity contribution in [3.63, 3.8) is 0 Å². The molecular weight excluding hydrogens is 216 g/mol. The van der Waals surface area contributed by atoms with Crippen molar-refractivity contribution in [2.45, 2.75) is 32.5 Å². The standard InChI is InChI=1S/C13H20N2O2/c1-10-5-4-6-12(15-10)14-7-11-8-16-9-13(2,3)17-11/h4-6,11H,7-9H2,1-3H3,(H,14,15). The lowest BCUT2D eigenvalue weighted by Gasteiger charge is -2.35. The summed E-state index contributed by atoms with van der Waals surface area (Å²) in [6.45, 7) is 8.09. The average molecular weight is 236 g/mol. The van der Waals surface area contributed by atoms with E-state index in [0.29, 0.717) is 13.2 Å². The van der Waals surface area contributed by atoms with Gasteiger partial charge >= 0.3 is 0 Å². The van der Waals surface area contributed by atoms with Crippen LogP contribution in [0, 0.1) is 6.92 Å². The molecule has 0 spiro atoms. The lowest BCUT2D eigenvalue weighted by Crippen LogP contribution is -2.45. The zero-order valence-electron chi connectivity index (χ0n) is 10.7. The quantitative estimate of drug-likeness (QED) is 0.871. The van der Waals surface area contributed by atoms with Crippen molar-refractivity contribution in [1.82, 2.24) is 4.98 Å². The Morgan fingerprint density at radius 3 is 3.00 bits per heavy atom. The highest BCUT2D eigenvalue weighted by Gasteiger charge is 2.29. The van der Waals surface area contributed by atoms with Gasteiger partial charge in [0.2, 0.25) is 0 Å². The minimum absolute atomic E-state index is 0.0843. The number of aryl methyl sites for hydroxylation is 1. The van der Waals surface area contributed by atoms with Crippen molar-refractivity contribution in [2.24, 2.45) is 0 Å². The molecule has 0 aliphatic carbocycles. The Balaban J connectivity index is 1.86. The van der Waals surface area contributed by atoms with Gasteiger partial charge in [-0.25, -0.2) is 4.98 Å². The summed E-state index contributed by atoms with van der Waals surface area (Å²) in [5.41, 5.74) is 0.820. The van der Waals surface area contributed by atoms with Gasteiger partial charge in [-0.1, -0.05) is 6.07 Å². The summed E-state index contributed by atoms with van der Waals surface area (Å²) in [5, 5.41) is 3.28. The topological polar surface area (TPSA) is 43.4 Å². The second-order valence-electron chi connectivity index (χ2n) is 5.06.